The van der Waals surface area contributed by atoms with Crippen molar-refractivity contribution in [3.8, 4) is 0 Å². The van der Waals surface area contributed by atoms with Gasteiger partial charge >= 0.3 is 0 Å². The third-order valence-electron chi connectivity index (χ3n) is 3.45. The summed E-state index contributed by atoms with van der Waals surface area (Å²) in [5.74, 6) is 1.52. The molecule has 5 nitrogen and oxygen atoms in total. The zero-order valence-corrected chi connectivity index (χ0v) is 12.3. The summed E-state index contributed by atoms with van der Waals surface area (Å²) < 4.78 is 1.92. The molecule has 6 heteroatoms. The molecule has 0 bridgehead atoms. The molecule has 19 heavy (non-hydrogen) atoms. The molecule has 1 fully saturated rings. The van der Waals surface area contributed by atoms with Gasteiger partial charge in [-0.25, -0.2) is 4.68 Å². The molecule has 0 aromatic carbocycles. The fourth-order valence-corrected chi connectivity index (χ4v) is 2.08. The second-order valence-corrected chi connectivity index (χ2v) is 5.30. The van der Waals surface area contributed by atoms with Crippen LogP contribution in [0.1, 0.15) is 45.6 Å². The Morgan fingerprint density at radius 3 is 2.84 bits per heavy atom. The molecular formula is C13H23ClN4O. The maximum absolute atomic E-state index is 11.8. The van der Waals surface area contributed by atoms with Crippen molar-refractivity contribution < 1.29 is 4.79 Å². The van der Waals surface area contributed by atoms with E-state index < -0.39 is 0 Å². The zero-order chi connectivity index (χ0) is 13.1. The second kappa shape index (κ2) is 6.91. The minimum absolute atomic E-state index is 0. The Labute approximate surface area is 120 Å². The van der Waals surface area contributed by atoms with Crippen LogP contribution in [0, 0.1) is 5.92 Å². The highest BCUT2D eigenvalue weighted by Gasteiger charge is 2.30. The van der Waals surface area contributed by atoms with Gasteiger partial charge in [0.1, 0.15) is 5.82 Å². The van der Waals surface area contributed by atoms with E-state index >= 15 is 0 Å². The van der Waals surface area contributed by atoms with Gasteiger partial charge in [-0.3, -0.25) is 4.79 Å². The Bertz CT molecular complexity index is 415. The van der Waals surface area contributed by atoms with E-state index in [0.717, 1.165) is 5.82 Å². The van der Waals surface area contributed by atoms with Gasteiger partial charge in [-0.1, -0.05) is 0 Å². The van der Waals surface area contributed by atoms with Crippen molar-refractivity contribution in [1.82, 2.24) is 9.78 Å². The molecule has 1 aromatic heterocycles. The third kappa shape index (κ3) is 4.51. The summed E-state index contributed by atoms with van der Waals surface area (Å²) in [6.07, 6.45) is 5.43. The van der Waals surface area contributed by atoms with Gasteiger partial charge in [0.15, 0.2) is 0 Å². The Morgan fingerprint density at radius 2 is 2.26 bits per heavy atom. The van der Waals surface area contributed by atoms with E-state index in [1.807, 2.05) is 17.7 Å². The van der Waals surface area contributed by atoms with Crippen LogP contribution in [0.25, 0.3) is 0 Å². The molecule has 0 saturated heterocycles. The number of halogens is 1. The number of carbonyl (C=O) groups is 1. The lowest BCUT2D eigenvalue weighted by molar-refractivity contribution is -0.116. The molecule has 2 atom stereocenters. The molecule has 2 unspecified atom stereocenters. The van der Waals surface area contributed by atoms with Crippen LogP contribution in [0.3, 0.4) is 0 Å². The molecule has 1 amide bonds. The van der Waals surface area contributed by atoms with Crippen molar-refractivity contribution in [3.05, 3.63) is 12.3 Å². The van der Waals surface area contributed by atoms with E-state index in [1.165, 1.54) is 12.8 Å². The van der Waals surface area contributed by atoms with Crippen molar-refractivity contribution >= 4 is 24.1 Å². The molecule has 0 spiro atoms. The average Bonchev–Trinajstić information content (AvgIpc) is 3.07. The number of aromatic nitrogens is 2. The van der Waals surface area contributed by atoms with Crippen molar-refractivity contribution in [2.45, 2.75) is 51.6 Å². The Balaban J connectivity index is 0.00000180. The van der Waals surface area contributed by atoms with Gasteiger partial charge in [0.25, 0.3) is 0 Å². The molecular weight excluding hydrogens is 264 g/mol. The molecule has 3 N–H and O–H groups in total. The number of amides is 1. The highest BCUT2D eigenvalue weighted by atomic mass is 35.5. The quantitative estimate of drug-likeness (QED) is 0.843. The van der Waals surface area contributed by atoms with E-state index in [1.54, 1.807) is 6.20 Å². The van der Waals surface area contributed by atoms with E-state index in [2.05, 4.69) is 17.3 Å². The Morgan fingerprint density at radius 1 is 1.58 bits per heavy atom. The number of nitrogens with two attached hydrogens (primary N) is 1. The van der Waals surface area contributed by atoms with Gasteiger partial charge in [-0.15, -0.1) is 12.4 Å². The smallest absolute Gasteiger partial charge is 0.225 e. The predicted octanol–water partition coefficient (Wildman–Crippen LogP) is 2.34. The number of hydrogen-bond donors (Lipinski definition) is 2. The van der Waals surface area contributed by atoms with Crippen LogP contribution < -0.4 is 11.1 Å². The van der Waals surface area contributed by atoms with Crippen LogP contribution in [-0.2, 0) is 4.79 Å². The van der Waals surface area contributed by atoms with Crippen molar-refractivity contribution in [2.24, 2.45) is 11.7 Å². The predicted molar refractivity (Wildman–Crippen MR) is 78.4 cm³/mol. The van der Waals surface area contributed by atoms with Crippen LogP contribution in [0.2, 0.25) is 0 Å². The van der Waals surface area contributed by atoms with Gasteiger partial charge in [0.2, 0.25) is 5.91 Å². The van der Waals surface area contributed by atoms with Gasteiger partial charge in [0.05, 0.1) is 12.2 Å². The summed E-state index contributed by atoms with van der Waals surface area (Å²) in [7, 11) is 0. The van der Waals surface area contributed by atoms with E-state index in [0.29, 0.717) is 24.8 Å². The monoisotopic (exact) mass is 286 g/mol. The highest BCUT2D eigenvalue weighted by molar-refractivity contribution is 5.89. The highest BCUT2D eigenvalue weighted by Crippen LogP contribution is 2.40. The molecule has 2 rings (SSSR count). The van der Waals surface area contributed by atoms with E-state index in [9.17, 15) is 4.79 Å². The fourth-order valence-electron chi connectivity index (χ4n) is 2.08. The van der Waals surface area contributed by atoms with E-state index in [-0.39, 0.29) is 24.4 Å². The first-order chi connectivity index (χ1) is 8.58. The lowest BCUT2D eigenvalue weighted by atomic mass is 10.2. The number of rotatable bonds is 6. The summed E-state index contributed by atoms with van der Waals surface area (Å²) in [5, 5.41) is 7.22. The topological polar surface area (TPSA) is 72.9 Å². The summed E-state index contributed by atoms with van der Waals surface area (Å²) in [6, 6.07) is 2.28. The first-order valence-electron chi connectivity index (χ1n) is 6.67. The normalized spacial score (nSPS) is 17.4. The van der Waals surface area contributed by atoms with Crippen molar-refractivity contribution in [1.29, 1.82) is 0 Å². The van der Waals surface area contributed by atoms with Crippen molar-refractivity contribution in [2.75, 3.05) is 5.32 Å². The van der Waals surface area contributed by atoms with Crippen LogP contribution in [0.5, 0.6) is 0 Å². The third-order valence-corrected chi connectivity index (χ3v) is 3.45. The molecule has 0 aliphatic heterocycles. The lowest BCUT2D eigenvalue weighted by Crippen LogP contribution is -2.21. The summed E-state index contributed by atoms with van der Waals surface area (Å²) in [4.78, 5) is 11.8. The summed E-state index contributed by atoms with van der Waals surface area (Å²) in [6.45, 7) is 4.06. The lowest BCUT2D eigenvalue weighted by Gasteiger charge is -2.15. The molecule has 108 valence electrons. The van der Waals surface area contributed by atoms with Crippen LogP contribution >= 0.6 is 12.4 Å². The second-order valence-electron chi connectivity index (χ2n) is 5.30. The van der Waals surface area contributed by atoms with Crippen LogP contribution in [-0.4, -0.2) is 21.7 Å². The van der Waals surface area contributed by atoms with Crippen LogP contribution in [0.15, 0.2) is 12.3 Å². The number of carbonyl (C=O) groups excluding carboxylic acids is 1. The standard InChI is InChI=1S/C13H22N4O.ClH/c1-9(14)3-6-13(18)16-12-7-8-15-17(12)10(2)11-4-5-11;/h7-11H,3-6,14H2,1-2H3,(H,16,18);1H. The average molecular weight is 287 g/mol. The molecule has 0 radical (unpaired) electrons. The van der Waals surface area contributed by atoms with Gasteiger partial charge in [-0.2, -0.15) is 5.10 Å². The minimum Gasteiger partial charge on any atom is -0.328 e. The largest absolute Gasteiger partial charge is 0.328 e. The number of nitrogens with one attached hydrogen (secondary N) is 1. The summed E-state index contributed by atoms with van der Waals surface area (Å²) >= 11 is 0. The fraction of sp³-hybridized carbons (Fsp3) is 0.692. The number of nitrogens with zero attached hydrogens (tertiary/aromatic N) is 2. The SMILES string of the molecule is CC(N)CCC(=O)Nc1ccnn1C(C)C1CC1.Cl. The molecule has 1 aliphatic carbocycles. The maximum atomic E-state index is 11.8. The Kier molecular flexibility index (Phi) is 5.82. The first-order valence-corrected chi connectivity index (χ1v) is 6.67. The summed E-state index contributed by atoms with van der Waals surface area (Å²) in [5.41, 5.74) is 5.64. The van der Waals surface area contributed by atoms with E-state index in [4.69, 9.17) is 5.73 Å². The number of hydrogen-bond acceptors (Lipinski definition) is 3. The Hall–Kier alpha value is -1.07. The van der Waals surface area contributed by atoms with Crippen LogP contribution in [0.4, 0.5) is 5.82 Å². The first kappa shape index (κ1) is 16.0. The molecule has 1 aliphatic rings. The van der Waals surface area contributed by atoms with Crippen molar-refractivity contribution in [3.63, 3.8) is 0 Å². The molecule has 1 saturated carbocycles. The molecule has 1 aromatic rings. The maximum Gasteiger partial charge on any atom is 0.225 e. The van der Waals surface area contributed by atoms with Gasteiger partial charge in [0, 0.05) is 18.5 Å². The van der Waals surface area contributed by atoms with Gasteiger partial charge < -0.3 is 11.1 Å². The number of anilines is 1. The van der Waals surface area contributed by atoms with Gasteiger partial charge in [-0.05, 0) is 39.0 Å². The zero-order valence-electron chi connectivity index (χ0n) is 11.5. The minimum atomic E-state index is 0. The molecule has 1 heterocycles.